The maximum absolute atomic E-state index is 9.24. The molecule has 0 radical (unpaired) electrons. The fraction of sp³-hybridized carbons (Fsp3) is 0.500. The Labute approximate surface area is 96.2 Å². The molecular weight excluding hydrogens is 202 g/mol. The molecule has 0 bridgehead atoms. The van der Waals surface area contributed by atoms with Crippen molar-refractivity contribution in [3.63, 3.8) is 0 Å². The summed E-state index contributed by atoms with van der Waals surface area (Å²) >= 11 is 0. The highest BCUT2D eigenvalue weighted by Gasteiger charge is 2.14. The first-order valence-electron chi connectivity index (χ1n) is 5.39. The lowest BCUT2D eigenvalue weighted by Crippen LogP contribution is -2.33. The standard InChI is InChI=1S/C12H17N3O/c1-10(2)15(8-4-6-13)12-11(9-16)5-3-7-14-12/h3,5,7,10,16H,4,8-9H2,1-2H3. The SMILES string of the molecule is CC(C)N(CCC#N)c1ncccc1CO. The van der Waals surface area contributed by atoms with Crippen molar-refractivity contribution < 1.29 is 5.11 Å². The smallest absolute Gasteiger partial charge is 0.134 e. The minimum absolute atomic E-state index is 0.0288. The second-order valence-electron chi connectivity index (χ2n) is 3.84. The Hall–Kier alpha value is -1.60. The summed E-state index contributed by atoms with van der Waals surface area (Å²) in [5, 5.41) is 17.9. The van der Waals surface area contributed by atoms with Crippen LogP contribution in [0.15, 0.2) is 18.3 Å². The van der Waals surface area contributed by atoms with E-state index in [0.717, 1.165) is 11.4 Å². The van der Waals surface area contributed by atoms with Crippen LogP contribution in [0.1, 0.15) is 25.8 Å². The van der Waals surface area contributed by atoms with Gasteiger partial charge in [-0.1, -0.05) is 6.07 Å². The number of nitrogens with zero attached hydrogens (tertiary/aromatic N) is 3. The van der Waals surface area contributed by atoms with Gasteiger partial charge in [-0.2, -0.15) is 5.26 Å². The van der Waals surface area contributed by atoms with Gasteiger partial charge in [0.25, 0.3) is 0 Å². The van der Waals surface area contributed by atoms with Crippen molar-refractivity contribution in [3.8, 4) is 6.07 Å². The molecule has 1 aromatic heterocycles. The maximum atomic E-state index is 9.24. The van der Waals surface area contributed by atoms with Crippen molar-refractivity contribution in [2.75, 3.05) is 11.4 Å². The monoisotopic (exact) mass is 219 g/mol. The van der Waals surface area contributed by atoms with Crippen LogP contribution in [0.5, 0.6) is 0 Å². The van der Waals surface area contributed by atoms with Crippen LogP contribution in [0.3, 0.4) is 0 Å². The minimum atomic E-state index is -0.0288. The van der Waals surface area contributed by atoms with E-state index in [1.807, 2.05) is 24.8 Å². The number of aromatic nitrogens is 1. The average molecular weight is 219 g/mol. The molecule has 0 amide bonds. The summed E-state index contributed by atoms with van der Waals surface area (Å²) in [7, 11) is 0. The third kappa shape index (κ3) is 2.94. The molecule has 4 heteroatoms. The molecule has 0 fully saturated rings. The van der Waals surface area contributed by atoms with Crippen LogP contribution >= 0.6 is 0 Å². The number of anilines is 1. The molecular formula is C12H17N3O. The summed E-state index contributed by atoms with van der Waals surface area (Å²) in [5.74, 6) is 0.773. The van der Waals surface area contributed by atoms with E-state index < -0.39 is 0 Å². The normalized spacial score (nSPS) is 10.2. The summed E-state index contributed by atoms with van der Waals surface area (Å²) in [6.45, 7) is 4.71. The molecule has 0 aliphatic heterocycles. The van der Waals surface area contributed by atoms with Crippen LogP contribution in [-0.4, -0.2) is 22.7 Å². The highest BCUT2D eigenvalue weighted by molar-refractivity contribution is 5.47. The van der Waals surface area contributed by atoms with Crippen molar-refractivity contribution in [2.45, 2.75) is 32.9 Å². The molecule has 0 aromatic carbocycles. The van der Waals surface area contributed by atoms with Gasteiger partial charge in [0.1, 0.15) is 5.82 Å². The van der Waals surface area contributed by atoms with E-state index in [1.54, 1.807) is 12.3 Å². The quantitative estimate of drug-likeness (QED) is 0.818. The molecule has 0 unspecified atom stereocenters. The summed E-state index contributed by atoms with van der Waals surface area (Å²) in [4.78, 5) is 6.32. The fourth-order valence-electron chi connectivity index (χ4n) is 1.59. The lowest BCUT2D eigenvalue weighted by atomic mass is 10.2. The Kier molecular flexibility index (Phi) is 4.74. The molecule has 4 nitrogen and oxygen atoms in total. The van der Waals surface area contributed by atoms with Gasteiger partial charge in [-0.3, -0.25) is 0 Å². The second-order valence-corrected chi connectivity index (χ2v) is 3.84. The summed E-state index contributed by atoms with van der Waals surface area (Å²) < 4.78 is 0. The fourth-order valence-corrected chi connectivity index (χ4v) is 1.59. The number of hydrogen-bond donors (Lipinski definition) is 1. The van der Waals surface area contributed by atoms with Gasteiger partial charge in [-0.05, 0) is 19.9 Å². The highest BCUT2D eigenvalue weighted by atomic mass is 16.3. The third-order valence-electron chi connectivity index (χ3n) is 2.40. The highest BCUT2D eigenvalue weighted by Crippen LogP contribution is 2.19. The Morgan fingerprint density at radius 3 is 2.88 bits per heavy atom. The molecule has 0 atom stereocenters. The number of pyridine rings is 1. The molecule has 0 aliphatic carbocycles. The van der Waals surface area contributed by atoms with Gasteiger partial charge >= 0.3 is 0 Å². The van der Waals surface area contributed by atoms with Gasteiger partial charge in [0.05, 0.1) is 19.1 Å². The van der Waals surface area contributed by atoms with E-state index in [-0.39, 0.29) is 12.6 Å². The van der Waals surface area contributed by atoms with Gasteiger partial charge in [0, 0.05) is 24.3 Å². The number of hydrogen-bond acceptors (Lipinski definition) is 4. The van der Waals surface area contributed by atoms with E-state index in [1.165, 1.54) is 0 Å². The molecule has 1 rings (SSSR count). The molecule has 1 aromatic rings. The van der Waals surface area contributed by atoms with Crippen molar-refractivity contribution in [3.05, 3.63) is 23.9 Å². The number of nitriles is 1. The Morgan fingerprint density at radius 1 is 1.56 bits per heavy atom. The lowest BCUT2D eigenvalue weighted by Gasteiger charge is -2.28. The van der Waals surface area contributed by atoms with Crippen molar-refractivity contribution in [1.82, 2.24) is 4.98 Å². The van der Waals surface area contributed by atoms with E-state index in [9.17, 15) is 5.11 Å². The Balaban J connectivity index is 2.96. The maximum Gasteiger partial charge on any atom is 0.134 e. The molecule has 1 heterocycles. The third-order valence-corrected chi connectivity index (χ3v) is 2.40. The zero-order valence-electron chi connectivity index (χ0n) is 9.72. The first kappa shape index (κ1) is 12.5. The van der Waals surface area contributed by atoms with Gasteiger partial charge in [0.2, 0.25) is 0 Å². The molecule has 16 heavy (non-hydrogen) atoms. The molecule has 1 N–H and O–H groups in total. The summed E-state index contributed by atoms with van der Waals surface area (Å²) in [5.41, 5.74) is 0.800. The van der Waals surface area contributed by atoms with Crippen molar-refractivity contribution in [1.29, 1.82) is 5.26 Å². The molecule has 86 valence electrons. The number of aliphatic hydroxyl groups excluding tert-OH is 1. The Morgan fingerprint density at radius 2 is 2.31 bits per heavy atom. The van der Waals surface area contributed by atoms with Gasteiger partial charge in [0.15, 0.2) is 0 Å². The van der Waals surface area contributed by atoms with E-state index in [0.29, 0.717) is 13.0 Å². The zero-order chi connectivity index (χ0) is 12.0. The van der Waals surface area contributed by atoms with Crippen LogP contribution in [-0.2, 0) is 6.61 Å². The van der Waals surface area contributed by atoms with Crippen LogP contribution < -0.4 is 4.90 Å². The van der Waals surface area contributed by atoms with E-state index in [2.05, 4.69) is 11.1 Å². The minimum Gasteiger partial charge on any atom is -0.392 e. The van der Waals surface area contributed by atoms with Crippen LogP contribution in [0.2, 0.25) is 0 Å². The summed E-state index contributed by atoms with van der Waals surface area (Å²) in [6.07, 6.45) is 2.16. The molecule has 0 spiro atoms. The van der Waals surface area contributed by atoms with Crippen LogP contribution in [0, 0.1) is 11.3 Å². The molecule has 0 saturated carbocycles. The largest absolute Gasteiger partial charge is 0.392 e. The predicted molar refractivity (Wildman–Crippen MR) is 62.9 cm³/mol. The Bertz CT molecular complexity index is 371. The first-order chi connectivity index (χ1) is 7.70. The zero-order valence-corrected chi connectivity index (χ0v) is 9.72. The molecule has 0 aliphatic rings. The van der Waals surface area contributed by atoms with E-state index in [4.69, 9.17) is 5.26 Å². The van der Waals surface area contributed by atoms with Crippen molar-refractivity contribution in [2.24, 2.45) is 0 Å². The first-order valence-corrected chi connectivity index (χ1v) is 5.39. The number of aliphatic hydroxyl groups is 1. The average Bonchev–Trinajstić information content (AvgIpc) is 2.29. The van der Waals surface area contributed by atoms with Crippen molar-refractivity contribution >= 4 is 5.82 Å². The van der Waals surface area contributed by atoms with Gasteiger partial charge in [-0.15, -0.1) is 0 Å². The van der Waals surface area contributed by atoms with Crippen LogP contribution in [0.4, 0.5) is 5.82 Å². The topological polar surface area (TPSA) is 60.2 Å². The second kappa shape index (κ2) is 6.09. The number of rotatable bonds is 5. The van der Waals surface area contributed by atoms with E-state index >= 15 is 0 Å². The van der Waals surface area contributed by atoms with Gasteiger partial charge in [-0.25, -0.2) is 4.98 Å². The summed E-state index contributed by atoms with van der Waals surface area (Å²) in [6, 6.07) is 6.04. The molecule has 0 saturated heterocycles. The van der Waals surface area contributed by atoms with Gasteiger partial charge < -0.3 is 10.0 Å². The predicted octanol–water partition coefficient (Wildman–Crippen LogP) is 1.70. The lowest BCUT2D eigenvalue weighted by molar-refractivity contribution is 0.281. The van der Waals surface area contributed by atoms with Crippen LogP contribution in [0.25, 0.3) is 0 Å².